The molecule has 0 saturated carbocycles. The maximum Gasteiger partial charge on any atom is 0.260 e. The van der Waals surface area contributed by atoms with Crippen LogP contribution in [0.25, 0.3) is 11.5 Å². The monoisotopic (exact) mass is 443 g/mol. The number of benzene rings is 1. The molecule has 0 bridgehead atoms. The Kier molecular flexibility index (Phi) is 6.30. The van der Waals surface area contributed by atoms with Gasteiger partial charge in [0, 0.05) is 19.3 Å². The molecule has 0 unspecified atom stereocenters. The third kappa shape index (κ3) is 4.25. The molecule has 0 aliphatic rings. The fourth-order valence-electron chi connectivity index (χ4n) is 3.59. The lowest BCUT2D eigenvalue weighted by Gasteiger charge is -2.19. The molecule has 0 fully saturated rings. The number of hydrogen-bond acceptors (Lipinski definition) is 5. The van der Waals surface area contributed by atoms with Crippen LogP contribution in [0, 0.1) is 6.92 Å². The summed E-state index contributed by atoms with van der Waals surface area (Å²) >= 11 is 0. The first kappa shape index (κ1) is 21.9. The fraction of sp³-hybridized carbons (Fsp3) is 0.208. The van der Waals surface area contributed by atoms with Crippen LogP contribution in [0.3, 0.4) is 0 Å². The van der Waals surface area contributed by atoms with Crippen molar-refractivity contribution in [3.63, 3.8) is 0 Å². The average molecular weight is 444 g/mol. The molecule has 0 spiro atoms. The lowest BCUT2D eigenvalue weighted by atomic mass is 10.2. The first-order valence-corrected chi connectivity index (χ1v) is 10.7. The summed E-state index contributed by atoms with van der Waals surface area (Å²) in [5.41, 5.74) is 2.06. The number of pyridine rings is 1. The minimum Gasteiger partial charge on any atom is -0.339 e. The Labute approximate surface area is 191 Å². The van der Waals surface area contributed by atoms with Gasteiger partial charge in [0.1, 0.15) is 11.4 Å². The molecule has 3 heterocycles. The largest absolute Gasteiger partial charge is 0.339 e. The molecule has 2 amide bonds. The van der Waals surface area contributed by atoms with Crippen LogP contribution in [0.2, 0.25) is 0 Å². The second kappa shape index (κ2) is 9.47. The van der Waals surface area contributed by atoms with Crippen molar-refractivity contribution in [3.05, 3.63) is 83.9 Å². The Morgan fingerprint density at radius 3 is 2.24 bits per heavy atom. The predicted octanol–water partition coefficient (Wildman–Crippen LogP) is 3.50. The van der Waals surface area contributed by atoms with E-state index in [2.05, 4.69) is 20.5 Å². The molecule has 1 aromatic carbocycles. The summed E-state index contributed by atoms with van der Waals surface area (Å²) in [6, 6.07) is 14.8. The van der Waals surface area contributed by atoms with Crippen molar-refractivity contribution in [2.24, 2.45) is 0 Å². The highest BCUT2D eigenvalue weighted by Gasteiger charge is 2.25. The zero-order valence-electron chi connectivity index (χ0n) is 18.8. The minimum absolute atomic E-state index is 0.196. The van der Waals surface area contributed by atoms with Crippen LogP contribution in [0.1, 0.15) is 40.3 Å². The van der Waals surface area contributed by atoms with E-state index in [9.17, 15) is 9.59 Å². The Hall–Kier alpha value is -4.27. The summed E-state index contributed by atoms with van der Waals surface area (Å²) in [6.45, 7) is 6.73. The molecule has 0 radical (unpaired) electrons. The topological polar surface area (TPSA) is 97.9 Å². The summed E-state index contributed by atoms with van der Waals surface area (Å²) in [6.07, 6.45) is 4.65. The summed E-state index contributed by atoms with van der Waals surface area (Å²) in [5.74, 6) is 0.341. The van der Waals surface area contributed by atoms with Crippen LogP contribution in [0.15, 0.2) is 67.1 Å². The average Bonchev–Trinajstić information content (AvgIpc) is 3.44. The molecule has 0 saturated heterocycles. The third-order valence-electron chi connectivity index (χ3n) is 5.40. The molecule has 168 valence electrons. The van der Waals surface area contributed by atoms with E-state index in [1.54, 1.807) is 27.4 Å². The molecule has 1 N–H and O–H groups in total. The Balaban J connectivity index is 1.72. The second-order valence-corrected chi connectivity index (χ2v) is 7.33. The predicted molar refractivity (Wildman–Crippen MR) is 125 cm³/mol. The van der Waals surface area contributed by atoms with Crippen molar-refractivity contribution in [2.45, 2.75) is 20.8 Å². The summed E-state index contributed by atoms with van der Waals surface area (Å²) in [5, 5.41) is 11.6. The molecule has 4 aromatic rings. The molecule has 9 nitrogen and oxygen atoms in total. The molecule has 33 heavy (non-hydrogen) atoms. The van der Waals surface area contributed by atoms with Gasteiger partial charge in [-0.3, -0.25) is 9.59 Å². The number of carbonyl (C=O) groups is 2. The van der Waals surface area contributed by atoms with Gasteiger partial charge in [-0.2, -0.15) is 10.2 Å². The van der Waals surface area contributed by atoms with Gasteiger partial charge in [-0.25, -0.2) is 14.3 Å². The number of para-hydroxylation sites is 1. The van der Waals surface area contributed by atoms with Gasteiger partial charge in [0.2, 0.25) is 0 Å². The van der Waals surface area contributed by atoms with Crippen LogP contribution >= 0.6 is 0 Å². The van der Waals surface area contributed by atoms with Crippen LogP contribution < -0.4 is 5.32 Å². The SMILES string of the molecule is CCN(CC)C(=O)c1cnn(-c2ccccc2)c1NC(=O)c1cnn(-c2ccccn2)c1C. The van der Waals surface area contributed by atoms with Crippen LogP contribution in [-0.2, 0) is 0 Å². The Morgan fingerprint density at radius 1 is 0.909 bits per heavy atom. The summed E-state index contributed by atoms with van der Waals surface area (Å²) in [4.78, 5) is 32.4. The smallest absolute Gasteiger partial charge is 0.260 e. The Bertz CT molecular complexity index is 1260. The zero-order chi connectivity index (χ0) is 23.4. The van der Waals surface area contributed by atoms with E-state index in [4.69, 9.17) is 0 Å². The van der Waals surface area contributed by atoms with E-state index in [0.717, 1.165) is 5.69 Å². The Morgan fingerprint density at radius 2 is 1.58 bits per heavy atom. The van der Waals surface area contributed by atoms with Crippen molar-refractivity contribution in [1.82, 2.24) is 29.4 Å². The van der Waals surface area contributed by atoms with E-state index in [-0.39, 0.29) is 11.8 Å². The van der Waals surface area contributed by atoms with Gasteiger partial charge in [-0.05, 0) is 45.0 Å². The van der Waals surface area contributed by atoms with E-state index in [1.807, 2.05) is 62.4 Å². The minimum atomic E-state index is -0.388. The van der Waals surface area contributed by atoms with E-state index < -0.39 is 0 Å². The number of amides is 2. The highest BCUT2D eigenvalue weighted by atomic mass is 16.2. The van der Waals surface area contributed by atoms with Gasteiger partial charge in [0.15, 0.2) is 5.82 Å². The number of carbonyl (C=O) groups excluding carboxylic acids is 2. The molecule has 0 aliphatic heterocycles. The normalized spacial score (nSPS) is 10.8. The number of rotatable bonds is 7. The standard InChI is InChI=1S/C24H25N7O2/c1-4-29(5-2)24(33)20-16-27-31(18-11-7-6-8-12-18)22(20)28-23(32)19-15-26-30(17(19)3)21-13-9-10-14-25-21/h6-16H,4-5H2,1-3H3,(H,28,32). The maximum atomic E-state index is 13.3. The van der Waals surface area contributed by atoms with Crippen molar-refractivity contribution >= 4 is 17.6 Å². The molecule has 3 aromatic heterocycles. The first-order chi connectivity index (χ1) is 16.0. The summed E-state index contributed by atoms with van der Waals surface area (Å²) in [7, 11) is 0. The molecular formula is C24H25N7O2. The highest BCUT2D eigenvalue weighted by Crippen LogP contribution is 2.23. The van der Waals surface area contributed by atoms with E-state index >= 15 is 0 Å². The molecule has 4 rings (SSSR count). The highest BCUT2D eigenvalue weighted by molar-refractivity contribution is 6.08. The van der Waals surface area contributed by atoms with Crippen molar-refractivity contribution in [3.8, 4) is 11.5 Å². The molecule has 9 heteroatoms. The number of anilines is 1. The van der Waals surface area contributed by atoms with Crippen LogP contribution in [-0.4, -0.2) is 54.3 Å². The molecular weight excluding hydrogens is 418 g/mol. The van der Waals surface area contributed by atoms with Crippen molar-refractivity contribution in [2.75, 3.05) is 18.4 Å². The zero-order valence-corrected chi connectivity index (χ0v) is 18.8. The summed E-state index contributed by atoms with van der Waals surface area (Å²) < 4.78 is 3.17. The van der Waals surface area contributed by atoms with Gasteiger partial charge >= 0.3 is 0 Å². The van der Waals surface area contributed by atoms with Gasteiger partial charge < -0.3 is 10.2 Å². The van der Waals surface area contributed by atoms with Crippen LogP contribution in [0.5, 0.6) is 0 Å². The first-order valence-electron chi connectivity index (χ1n) is 10.7. The van der Waals surface area contributed by atoms with Gasteiger partial charge in [0.25, 0.3) is 11.8 Å². The second-order valence-electron chi connectivity index (χ2n) is 7.33. The van der Waals surface area contributed by atoms with Crippen molar-refractivity contribution < 1.29 is 9.59 Å². The lowest BCUT2D eigenvalue weighted by Crippen LogP contribution is -2.31. The maximum absolute atomic E-state index is 13.3. The molecule has 0 atom stereocenters. The molecule has 0 aliphatic carbocycles. The van der Waals surface area contributed by atoms with Crippen LogP contribution in [0.4, 0.5) is 5.82 Å². The van der Waals surface area contributed by atoms with E-state index in [1.165, 1.54) is 12.4 Å². The lowest BCUT2D eigenvalue weighted by molar-refractivity contribution is 0.0774. The van der Waals surface area contributed by atoms with Gasteiger partial charge in [-0.1, -0.05) is 24.3 Å². The fourth-order valence-corrected chi connectivity index (χ4v) is 3.59. The van der Waals surface area contributed by atoms with Gasteiger partial charge in [-0.15, -0.1) is 0 Å². The number of nitrogens with zero attached hydrogens (tertiary/aromatic N) is 6. The van der Waals surface area contributed by atoms with Gasteiger partial charge in [0.05, 0.1) is 29.3 Å². The number of nitrogens with one attached hydrogen (secondary N) is 1. The quantitative estimate of drug-likeness (QED) is 0.471. The van der Waals surface area contributed by atoms with Crippen molar-refractivity contribution in [1.29, 1.82) is 0 Å². The third-order valence-corrected chi connectivity index (χ3v) is 5.40. The van der Waals surface area contributed by atoms with E-state index in [0.29, 0.717) is 41.5 Å². The number of hydrogen-bond donors (Lipinski definition) is 1. The number of aromatic nitrogens is 5.